The Labute approximate surface area is 127 Å². The third kappa shape index (κ3) is 5.01. The molecule has 1 fully saturated rings. The van der Waals surface area contributed by atoms with E-state index in [9.17, 15) is 4.79 Å². The molecule has 0 saturated carbocycles. The maximum absolute atomic E-state index is 12.0. The van der Waals surface area contributed by atoms with E-state index in [4.69, 9.17) is 0 Å². The van der Waals surface area contributed by atoms with Crippen molar-refractivity contribution in [2.45, 2.75) is 26.2 Å². The monoisotopic (exact) mass is 290 g/mol. The van der Waals surface area contributed by atoms with Gasteiger partial charge in [-0.3, -0.25) is 4.79 Å². The van der Waals surface area contributed by atoms with Crippen LogP contribution in [-0.4, -0.2) is 49.0 Å². The zero-order chi connectivity index (χ0) is 15.1. The van der Waals surface area contributed by atoms with Gasteiger partial charge in [-0.2, -0.15) is 0 Å². The van der Waals surface area contributed by atoms with Crippen LogP contribution in [0.5, 0.6) is 0 Å². The lowest BCUT2D eigenvalue weighted by Crippen LogP contribution is -2.32. The Morgan fingerprint density at radius 3 is 2.76 bits per heavy atom. The number of pyridine rings is 1. The van der Waals surface area contributed by atoms with Gasteiger partial charge in [0.15, 0.2) is 0 Å². The number of hydrogen-bond acceptors (Lipinski definition) is 4. The lowest BCUT2D eigenvalue weighted by Gasteiger charge is -2.28. The van der Waals surface area contributed by atoms with Gasteiger partial charge in [-0.15, -0.1) is 0 Å². The van der Waals surface area contributed by atoms with E-state index in [1.54, 1.807) is 6.20 Å². The van der Waals surface area contributed by atoms with Crippen molar-refractivity contribution in [1.29, 1.82) is 0 Å². The highest BCUT2D eigenvalue weighted by molar-refractivity contribution is 5.94. The zero-order valence-electron chi connectivity index (χ0n) is 13.1. The Kier molecular flexibility index (Phi) is 5.99. The van der Waals surface area contributed by atoms with Crippen molar-refractivity contribution in [2.24, 2.45) is 5.92 Å². The molecule has 0 aliphatic carbocycles. The van der Waals surface area contributed by atoms with Crippen molar-refractivity contribution < 1.29 is 4.79 Å². The number of nitrogens with one attached hydrogen (secondary N) is 2. The molecule has 0 radical (unpaired) electrons. The molecule has 5 nitrogen and oxygen atoms in total. The minimum atomic E-state index is -0.0292. The SMILES string of the molecule is CCNc1ccc(C(=O)NCCC2CCN(C)CC2)cn1. The van der Waals surface area contributed by atoms with Gasteiger partial charge in [0.05, 0.1) is 5.56 Å². The number of carbonyl (C=O) groups excluding carboxylic acids is 1. The lowest BCUT2D eigenvalue weighted by molar-refractivity contribution is 0.0948. The first-order valence-corrected chi connectivity index (χ1v) is 7.85. The predicted molar refractivity (Wildman–Crippen MR) is 85.6 cm³/mol. The molecule has 1 aromatic rings. The summed E-state index contributed by atoms with van der Waals surface area (Å²) in [7, 11) is 2.17. The molecule has 1 aliphatic rings. The highest BCUT2D eigenvalue weighted by Gasteiger charge is 2.16. The summed E-state index contributed by atoms with van der Waals surface area (Å²) in [6.45, 7) is 5.95. The molecule has 1 aliphatic heterocycles. The van der Waals surface area contributed by atoms with Crippen LogP contribution < -0.4 is 10.6 Å². The minimum Gasteiger partial charge on any atom is -0.370 e. The summed E-state index contributed by atoms with van der Waals surface area (Å²) in [5.74, 6) is 1.52. The summed E-state index contributed by atoms with van der Waals surface area (Å²) in [4.78, 5) is 18.6. The summed E-state index contributed by atoms with van der Waals surface area (Å²) in [6.07, 6.45) is 5.18. The summed E-state index contributed by atoms with van der Waals surface area (Å²) < 4.78 is 0. The molecule has 116 valence electrons. The van der Waals surface area contributed by atoms with E-state index >= 15 is 0 Å². The van der Waals surface area contributed by atoms with E-state index in [0.29, 0.717) is 5.56 Å². The first-order valence-electron chi connectivity index (χ1n) is 7.85. The average molecular weight is 290 g/mol. The van der Waals surface area contributed by atoms with Gasteiger partial charge in [0.2, 0.25) is 0 Å². The molecular formula is C16H26N4O. The van der Waals surface area contributed by atoms with Gasteiger partial charge < -0.3 is 15.5 Å². The number of amides is 1. The van der Waals surface area contributed by atoms with Gasteiger partial charge in [-0.1, -0.05) is 0 Å². The second kappa shape index (κ2) is 7.98. The second-order valence-corrected chi connectivity index (χ2v) is 5.75. The molecule has 21 heavy (non-hydrogen) atoms. The van der Waals surface area contributed by atoms with Crippen LogP contribution in [0.1, 0.15) is 36.5 Å². The topological polar surface area (TPSA) is 57.3 Å². The Morgan fingerprint density at radius 2 is 2.14 bits per heavy atom. The quantitative estimate of drug-likeness (QED) is 0.841. The van der Waals surface area contributed by atoms with E-state index in [0.717, 1.165) is 31.2 Å². The normalized spacial score (nSPS) is 16.7. The molecule has 1 aromatic heterocycles. The molecular weight excluding hydrogens is 264 g/mol. The van der Waals surface area contributed by atoms with E-state index in [-0.39, 0.29) is 5.91 Å². The van der Waals surface area contributed by atoms with Crippen molar-refractivity contribution >= 4 is 11.7 Å². The number of nitrogens with zero attached hydrogens (tertiary/aromatic N) is 2. The smallest absolute Gasteiger partial charge is 0.252 e. The number of rotatable bonds is 6. The van der Waals surface area contributed by atoms with Gasteiger partial charge in [0, 0.05) is 19.3 Å². The Bertz CT molecular complexity index is 438. The minimum absolute atomic E-state index is 0.0292. The van der Waals surface area contributed by atoms with E-state index < -0.39 is 0 Å². The molecule has 0 aromatic carbocycles. The maximum Gasteiger partial charge on any atom is 0.252 e. The van der Waals surface area contributed by atoms with Crippen LogP contribution in [0.15, 0.2) is 18.3 Å². The van der Waals surface area contributed by atoms with Crippen LogP contribution in [0.25, 0.3) is 0 Å². The first-order chi connectivity index (χ1) is 10.2. The number of likely N-dealkylation sites (tertiary alicyclic amines) is 1. The highest BCUT2D eigenvalue weighted by Crippen LogP contribution is 2.18. The first kappa shape index (κ1) is 15.8. The molecule has 5 heteroatoms. The number of carbonyl (C=O) groups is 1. The van der Waals surface area contributed by atoms with Crippen LogP contribution in [0.4, 0.5) is 5.82 Å². The molecule has 1 amide bonds. The number of piperidine rings is 1. The van der Waals surface area contributed by atoms with Gasteiger partial charge in [-0.05, 0) is 64.4 Å². The lowest BCUT2D eigenvalue weighted by atomic mass is 9.94. The Hall–Kier alpha value is -1.62. The maximum atomic E-state index is 12.0. The van der Waals surface area contributed by atoms with Crippen LogP contribution in [0, 0.1) is 5.92 Å². The molecule has 2 rings (SSSR count). The predicted octanol–water partition coefficient (Wildman–Crippen LogP) is 1.98. The third-order valence-corrected chi connectivity index (χ3v) is 4.06. The molecule has 0 atom stereocenters. The van der Waals surface area contributed by atoms with Crippen molar-refractivity contribution in [3.05, 3.63) is 23.9 Å². The molecule has 0 bridgehead atoms. The van der Waals surface area contributed by atoms with Gasteiger partial charge in [0.25, 0.3) is 5.91 Å². The highest BCUT2D eigenvalue weighted by atomic mass is 16.1. The average Bonchev–Trinajstić information content (AvgIpc) is 2.50. The van der Waals surface area contributed by atoms with Crippen molar-refractivity contribution in [2.75, 3.05) is 38.5 Å². The van der Waals surface area contributed by atoms with E-state index in [1.807, 2.05) is 19.1 Å². The van der Waals surface area contributed by atoms with Crippen LogP contribution in [0.3, 0.4) is 0 Å². The van der Waals surface area contributed by atoms with Gasteiger partial charge in [0.1, 0.15) is 5.82 Å². The molecule has 2 heterocycles. The third-order valence-electron chi connectivity index (χ3n) is 4.06. The summed E-state index contributed by atoms with van der Waals surface area (Å²) in [5, 5.41) is 6.11. The van der Waals surface area contributed by atoms with Crippen molar-refractivity contribution in [3.8, 4) is 0 Å². The van der Waals surface area contributed by atoms with E-state index in [2.05, 4.69) is 27.6 Å². The summed E-state index contributed by atoms with van der Waals surface area (Å²) >= 11 is 0. The number of hydrogen-bond donors (Lipinski definition) is 2. The zero-order valence-corrected chi connectivity index (χ0v) is 13.1. The van der Waals surface area contributed by atoms with Crippen LogP contribution >= 0.6 is 0 Å². The number of aromatic nitrogens is 1. The fourth-order valence-corrected chi connectivity index (χ4v) is 2.66. The Morgan fingerprint density at radius 1 is 1.38 bits per heavy atom. The fraction of sp³-hybridized carbons (Fsp3) is 0.625. The van der Waals surface area contributed by atoms with Crippen LogP contribution in [0.2, 0.25) is 0 Å². The largest absolute Gasteiger partial charge is 0.370 e. The van der Waals surface area contributed by atoms with Crippen molar-refractivity contribution in [3.63, 3.8) is 0 Å². The molecule has 0 unspecified atom stereocenters. The standard InChI is InChI=1S/C16H26N4O/c1-3-17-15-5-4-14(12-19-15)16(21)18-9-6-13-7-10-20(2)11-8-13/h4-5,12-13H,3,6-11H2,1-2H3,(H,17,19)(H,18,21). The van der Waals surface area contributed by atoms with E-state index in [1.165, 1.54) is 25.9 Å². The number of anilines is 1. The summed E-state index contributed by atoms with van der Waals surface area (Å²) in [5.41, 5.74) is 0.625. The van der Waals surface area contributed by atoms with Gasteiger partial charge >= 0.3 is 0 Å². The van der Waals surface area contributed by atoms with Gasteiger partial charge in [-0.25, -0.2) is 4.98 Å². The molecule has 1 saturated heterocycles. The fourth-order valence-electron chi connectivity index (χ4n) is 2.66. The second-order valence-electron chi connectivity index (χ2n) is 5.75. The summed E-state index contributed by atoms with van der Waals surface area (Å²) in [6, 6.07) is 3.66. The molecule has 0 spiro atoms. The van der Waals surface area contributed by atoms with Crippen molar-refractivity contribution in [1.82, 2.24) is 15.2 Å². The van der Waals surface area contributed by atoms with Crippen LogP contribution in [-0.2, 0) is 0 Å². The Balaban J connectivity index is 1.71. The molecule has 2 N–H and O–H groups in total.